The number of rotatable bonds is 8. The van der Waals surface area contributed by atoms with Crippen molar-refractivity contribution >= 4 is 54.9 Å². The Bertz CT molecular complexity index is 1190. The normalized spacial score (nSPS) is 15.0. The zero-order valence-electron chi connectivity index (χ0n) is 17.7. The lowest BCUT2D eigenvalue weighted by Gasteiger charge is -2.25. The second kappa shape index (κ2) is 10.2. The van der Waals surface area contributed by atoms with Crippen molar-refractivity contribution in [3.63, 3.8) is 0 Å². The standard InChI is InChI=1S/C22H25N3O4S3/c1-2-29-17-8-11-19-20(14-17)31-22(24-19)30-15-21(26)23-16-6-9-18(10-7-16)32(27,28)25-12-4-3-5-13-25/h6-11,14H,2-5,12-13,15H2,1H3,(H,23,26). The van der Waals surface area contributed by atoms with Gasteiger partial charge in [0.1, 0.15) is 5.75 Å². The summed E-state index contributed by atoms with van der Waals surface area (Å²) in [6, 6.07) is 12.1. The molecule has 1 fully saturated rings. The lowest BCUT2D eigenvalue weighted by Crippen LogP contribution is -2.35. The molecule has 7 nitrogen and oxygen atoms in total. The zero-order chi connectivity index (χ0) is 22.6. The molecule has 1 saturated heterocycles. The maximum Gasteiger partial charge on any atom is 0.243 e. The van der Waals surface area contributed by atoms with Crippen molar-refractivity contribution < 1.29 is 17.9 Å². The van der Waals surface area contributed by atoms with Gasteiger partial charge in [-0.2, -0.15) is 4.31 Å². The second-order valence-electron chi connectivity index (χ2n) is 7.37. The third-order valence-electron chi connectivity index (χ3n) is 5.07. The van der Waals surface area contributed by atoms with Crippen LogP contribution in [0.15, 0.2) is 51.7 Å². The Morgan fingerprint density at radius 2 is 1.91 bits per heavy atom. The van der Waals surface area contributed by atoms with Crippen LogP contribution in [0.2, 0.25) is 0 Å². The van der Waals surface area contributed by atoms with E-state index in [0.29, 0.717) is 25.4 Å². The number of amides is 1. The number of hydrogen-bond acceptors (Lipinski definition) is 7. The predicted octanol–water partition coefficient (Wildman–Crippen LogP) is 4.60. The van der Waals surface area contributed by atoms with E-state index in [1.165, 1.54) is 27.4 Å². The van der Waals surface area contributed by atoms with Crippen molar-refractivity contribution in [2.24, 2.45) is 0 Å². The number of nitrogens with zero attached hydrogens (tertiary/aromatic N) is 2. The average molecular weight is 492 g/mol. The number of nitrogens with one attached hydrogen (secondary N) is 1. The van der Waals surface area contributed by atoms with Crippen LogP contribution >= 0.6 is 23.1 Å². The summed E-state index contributed by atoms with van der Waals surface area (Å²) >= 11 is 2.90. The Hall–Kier alpha value is -2.14. The van der Waals surface area contributed by atoms with Crippen molar-refractivity contribution in [1.29, 1.82) is 0 Å². The van der Waals surface area contributed by atoms with Gasteiger partial charge in [-0.25, -0.2) is 13.4 Å². The van der Waals surface area contributed by atoms with Gasteiger partial charge in [0.05, 0.1) is 27.5 Å². The molecule has 1 aliphatic heterocycles. The number of carbonyl (C=O) groups is 1. The van der Waals surface area contributed by atoms with Gasteiger partial charge in [0.2, 0.25) is 15.9 Å². The summed E-state index contributed by atoms with van der Waals surface area (Å²) in [6.07, 6.45) is 2.86. The van der Waals surface area contributed by atoms with Crippen molar-refractivity contribution in [3.05, 3.63) is 42.5 Å². The number of fused-ring (bicyclic) bond motifs is 1. The van der Waals surface area contributed by atoms with Crippen LogP contribution in [0.25, 0.3) is 10.2 Å². The van der Waals surface area contributed by atoms with Crippen LogP contribution in [0.5, 0.6) is 5.75 Å². The number of piperidine rings is 1. The first-order valence-electron chi connectivity index (χ1n) is 10.5. The number of thiazole rings is 1. The number of hydrogen-bond donors (Lipinski definition) is 1. The minimum Gasteiger partial charge on any atom is -0.494 e. The van der Waals surface area contributed by atoms with E-state index in [-0.39, 0.29) is 16.6 Å². The Morgan fingerprint density at radius 3 is 2.62 bits per heavy atom. The molecular weight excluding hydrogens is 466 g/mol. The Kier molecular flexibility index (Phi) is 7.34. The third kappa shape index (κ3) is 5.43. The first-order valence-corrected chi connectivity index (χ1v) is 13.8. The van der Waals surface area contributed by atoms with Gasteiger partial charge in [-0.15, -0.1) is 11.3 Å². The summed E-state index contributed by atoms with van der Waals surface area (Å²) < 4.78 is 34.4. The van der Waals surface area contributed by atoms with Crippen LogP contribution in [-0.4, -0.2) is 49.1 Å². The largest absolute Gasteiger partial charge is 0.494 e. The highest BCUT2D eigenvalue weighted by atomic mass is 32.2. The molecule has 0 saturated carbocycles. The minimum absolute atomic E-state index is 0.170. The van der Waals surface area contributed by atoms with Crippen LogP contribution < -0.4 is 10.1 Å². The summed E-state index contributed by atoms with van der Waals surface area (Å²) in [5, 5.41) is 2.82. The quantitative estimate of drug-likeness (QED) is 0.463. The fraction of sp³-hybridized carbons (Fsp3) is 0.364. The number of ether oxygens (including phenoxy) is 1. The maximum absolute atomic E-state index is 12.7. The van der Waals surface area contributed by atoms with E-state index in [0.717, 1.165) is 39.6 Å². The number of aromatic nitrogens is 1. The SMILES string of the molecule is CCOc1ccc2nc(SCC(=O)Nc3ccc(S(=O)(=O)N4CCCCC4)cc3)sc2c1. The molecule has 32 heavy (non-hydrogen) atoms. The summed E-state index contributed by atoms with van der Waals surface area (Å²) in [6.45, 7) is 3.68. The molecule has 4 rings (SSSR count). The third-order valence-corrected chi connectivity index (χ3v) is 9.14. The molecular formula is C22H25N3O4S3. The Labute approximate surface area is 196 Å². The molecule has 1 N–H and O–H groups in total. The van der Waals surface area contributed by atoms with E-state index in [4.69, 9.17) is 4.74 Å². The van der Waals surface area contributed by atoms with E-state index in [9.17, 15) is 13.2 Å². The van der Waals surface area contributed by atoms with Gasteiger partial charge in [0, 0.05) is 18.8 Å². The van der Waals surface area contributed by atoms with Crippen LogP contribution in [0.1, 0.15) is 26.2 Å². The molecule has 0 spiro atoms. The van der Waals surface area contributed by atoms with Crippen molar-refractivity contribution in [2.45, 2.75) is 35.4 Å². The summed E-state index contributed by atoms with van der Waals surface area (Å²) in [7, 11) is -3.47. The topological polar surface area (TPSA) is 88.6 Å². The Morgan fingerprint density at radius 1 is 1.16 bits per heavy atom. The molecule has 1 aromatic heterocycles. The monoisotopic (exact) mass is 491 g/mol. The van der Waals surface area contributed by atoms with Crippen LogP contribution in [-0.2, 0) is 14.8 Å². The van der Waals surface area contributed by atoms with Crippen molar-refractivity contribution in [2.75, 3.05) is 30.8 Å². The molecule has 0 aliphatic carbocycles. The first-order chi connectivity index (χ1) is 15.5. The average Bonchev–Trinajstić information content (AvgIpc) is 3.21. The van der Waals surface area contributed by atoms with Gasteiger partial charge in [-0.05, 0) is 62.2 Å². The molecule has 1 aliphatic rings. The van der Waals surface area contributed by atoms with Gasteiger partial charge in [-0.1, -0.05) is 18.2 Å². The van der Waals surface area contributed by atoms with Gasteiger partial charge < -0.3 is 10.1 Å². The molecule has 170 valence electrons. The molecule has 1 amide bonds. The number of sulfonamides is 1. The van der Waals surface area contributed by atoms with E-state index >= 15 is 0 Å². The minimum atomic E-state index is -3.47. The van der Waals surface area contributed by atoms with Gasteiger partial charge in [0.25, 0.3) is 0 Å². The molecule has 0 unspecified atom stereocenters. The number of anilines is 1. The fourth-order valence-electron chi connectivity index (χ4n) is 3.49. The number of benzene rings is 2. The van der Waals surface area contributed by atoms with Gasteiger partial charge in [-0.3, -0.25) is 4.79 Å². The molecule has 2 aromatic carbocycles. The van der Waals surface area contributed by atoms with E-state index in [2.05, 4.69) is 10.3 Å². The van der Waals surface area contributed by atoms with E-state index in [1.807, 2.05) is 25.1 Å². The van der Waals surface area contributed by atoms with Gasteiger partial charge >= 0.3 is 0 Å². The zero-order valence-corrected chi connectivity index (χ0v) is 20.2. The highest BCUT2D eigenvalue weighted by Crippen LogP contribution is 2.32. The lowest BCUT2D eigenvalue weighted by atomic mass is 10.2. The highest BCUT2D eigenvalue weighted by molar-refractivity contribution is 8.01. The molecule has 2 heterocycles. The smallest absolute Gasteiger partial charge is 0.243 e. The van der Waals surface area contributed by atoms with Crippen LogP contribution in [0.4, 0.5) is 5.69 Å². The second-order valence-corrected chi connectivity index (χ2v) is 11.6. The number of carbonyl (C=O) groups excluding carboxylic acids is 1. The maximum atomic E-state index is 12.7. The predicted molar refractivity (Wildman–Crippen MR) is 129 cm³/mol. The summed E-state index contributed by atoms with van der Waals surface area (Å²) in [5.41, 5.74) is 1.45. The van der Waals surface area contributed by atoms with Crippen molar-refractivity contribution in [3.8, 4) is 5.75 Å². The lowest BCUT2D eigenvalue weighted by molar-refractivity contribution is -0.113. The summed E-state index contributed by atoms with van der Waals surface area (Å²) in [4.78, 5) is 17.2. The van der Waals surface area contributed by atoms with E-state index in [1.54, 1.807) is 24.3 Å². The van der Waals surface area contributed by atoms with Gasteiger partial charge in [0.15, 0.2) is 4.34 Å². The highest BCUT2D eigenvalue weighted by Gasteiger charge is 2.25. The first kappa shape index (κ1) is 23.0. The molecule has 0 bridgehead atoms. The molecule has 3 aromatic rings. The summed E-state index contributed by atoms with van der Waals surface area (Å²) in [5.74, 6) is 0.853. The molecule has 10 heteroatoms. The van der Waals surface area contributed by atoms with Crippen molar-refractivity contribution in [1.82, 2.24) is 9.29 Å². The molecule has 0 atom stereocenters. The van der Waals surface area contributed by atoms with E-state index < -0.39 is 10.0 Å². The molecule has 0 radical (unpaired) electrons. The van der Waals surface area contributed by atoms with Crippen LogP contribution in [0, 0.1) is 0 Å². The fourth-order valence-corrected chi connectivity index (χ4v) is 6.90. The van der Waals surface area contributed by atoms with Crippen LogP contribution in [0.3, 0.4) is 0 Å². The number of thioether (sulfide) groups is 1. The Balaban J connectivity index is 1.33.